The van der Waals surface area contributed by atoms with Crippen LogP contribution in [0, 0.1) is 5.82 Å². The van der Waals surface area contributed by atoms with Gasteiger partial charge in [-0.15, -0.1) is 0 Å². The summed E-state index contributed by atoms with van der Waals surface area (Å²) in [5, 5.41) is 16.9. The summed E-state index contributed by atoms with van der Waals surface area (Å²) in [6.45, 7) is 8.43. The first kappa shape index (κ1) is 24.5. The Morgan fingerprint density at radius 2 is 1.62 bits per heavy atom. The lowest BCUT2D eigenvalue weighted by atomic mass is 10.1. The second-order valence-corrected chi connectivity index (χ2v) is 7.32. The summed E-state index contributed by atoms with van der Waals surface area (Å²) in [6.07, 6.45) is -5.39. The minimum atomic E-state index is -5.08. The van der Waals surface area contributed by atoms with Crippen LogP contribution < -0.4 is 0 Å². The van der Waals surface area contributed by atoms with Gasteiger partial charge in [0.2, 0.25) is 0 Å². The Morgan fingerprint density at radius 1 is 1.10 bits per heavy atom. The fraction of sp³-hybridized carbons (Fsp3) is 0.556. The highest BCUT2D eigenvalue weighted by Gasteiger charge is 2.38. The second kappa shape index (κ2) is 9.77. The number of phenolic OH excluding ortho intramolecular Hbond substituents is 1. The van der Waals surface area contributed by atoms with Crippen molar-refractivity contribution < 1.29 is 42.1 Å². The van der Waals surface area contributed by atoms with Gasteiger partial charge in [0.1, 0.15) is 17.2 Å². The van der Waals surface area contributed by atoms with Gasteiger partial charge in [-0.25, -0.2) is 14.0 Å². The van der Waals surface area contributed by atoms with E-state index in [4.69, 9.17) is 14.6 Å². The predicted molar refractivity (Wildman–Crippen MR) is 94.8 cm³/mol. The summed E-state index contributed by atoms with van der Waals surface area (Å²) in [7, 11) is 0. The van der Waals surface area contributed by atoms with E-state index in [0.29, 0.717) is 38.3 Å². The number of carbonyl (C=O) groups excluding carboxylic acids is 1. The number of rotatable bonds is 2. The van der Waals surface area contributed by atoms with Crippen LogP contribution in [0.2, 0.25) is 0 Å². The number of carboxylic acid groups (broad SMARTS) is 1. The fourth-order valence-electron chi connectivity index (χ4n) is 2.34. The lowest BCUT2D eigenvalue weighted by Gasteiger charge is -2.35. The van der Waals surface area contributed by atoms with Crippen molar-refractivity contribution in [3.05, 3.63) is 29.6 Å². The molecule has 1 saturated heterocycles. The van der Waals surface area contributed by atoms with Crippen molar-refractivity contribution in [3.8, 4) is 5.75 Å². The monoisotopic (exact) mass is 424 g/mol. The number of phenols is 1. The van der Waals surface area contributed by atoms with E-state index in [9.17, 15) is 27.5 Å². The maximum Gasteiger partial charge on any atom is 0.490 e. The minimum absolute atomic E-state index is 0.0935. The first-order chi connectivity index (χ1) is 13.2. The van der Waals surface area contributed by atoms with E-state index in [-0.39, 0.29) is 17.7 Å². The molecule has 0 spiro atoms. The van der Waals surface area contributed by atoms with Crippen molar-refractivity contribution in [1.82, 2.24) is 9.80 Å². The lowest BCUT2D eigenvalue weighted by Crippen LogP contribution is -2.49. The van der Waals surface area contributed by atoms with Gasteiger partial charge in [0.25, 0.3) is 0 Å². The molecule has 1 fully saturated rings. The van der Waals surface area contributed by atoms with E-state index in [2.05, 4.69) is 4.90 Å². The number of aliphatic carboxylic acids is 1. The summed E-state index contributed by atoms with van der Waals surface area (Å²) in [5.41, 5.74) is 0.0624. The molecule has 0 atom stereocenters. The number of hydrogen-bond donors (Lipinski definition) is 2. The smallest absolute Gasteiger partial charge is 0.490 e. The van der Waals surface area contributed by atoms with Crippen LogP contribution >= 0.6 is 0 Å². The number of aromatic hydroxyl groups is 1. The number of benzene rings is 1. The fourth-order valence-corrected chi connectivity index (χ4v) is 2.34. The number of ether oxygens (including phenoxy) is 1. The third-order valence-electron chi connectivity index (χ3n) is 3.70. The average Bonchev–Trinajstić information content (AvgIpc) is 2.57. The molecular formula is C18H24F4N2O5. The molecule has 0 saturated carbocycles. The quantitative estimate of drug-likeness (QED) is 0.709. The third-order valence-corrected chi connectivity index (χ3v) is 3.70. The van der Waals surface area contributed by atoms with Crippen molar-refractivity contribution in [2.45, 2.75) is 39.1 Å². The van der Waals surface area contributed by atoms with Gasteiger partial charge in [-0.05, 0) is 39.0 Å². The van der Waals surface area contributed by atoms with Gasteiger partial charge in [0.05, 0.1) is 0 Å². The van der Waals surface area contributed by atoms with Gasteiger partial charge in [-0.2, -0.15) is 13.2 Å². The Balaban J connectivity index is 0.000000516. The standard InChI is InChI=1S/C16H23FN2O3.C2HF3O2/c1-16(2,3)22-15(21)19-8-6-18(7-9-19)11-12-10-13(17)4-5-14(12)20;3-2(4,5)1(6)7/h4-5,10,20H,6-9,11H2,1-3H3;(H,6,7). The first-order valence-corrected chi connectivity index (χ1v) is 8.67. The Kier molecular flexibility index (Phi) is 8.25. The number of alkyl halides is 3. The zero-order valence-electron chi connectivity index (χ0n) is 16.3. The molecule has 2 N–H and O–H groups in total. The molecule has 7 nitrogen and oxygen atoms in total. The average molecular weight is 424 g/mol. The number of hydrogen-bond acceptors (Lipinski definition) is 5. The van der Waals surface area contributed by atoms with Crippen LogP contribution in [0.15, 0.2) is 18.2 Å². The van der Waals surface area contributed by atoms with Crippen molar-refractivity contribution in [2.75, 3.05) is 26.2 Å². The topological polar surface area (TPSA) is 90.3 Å². The van der Waals surface area contributed by atoms with E-state index in [1.807, 2.05) is 20.8 Å². The number of halogens is 4. The van der Waals surface area contributed by atoms with Crippen molar-refractivity contribution >= 4 is 12.1 Å². The summed E-state index contributed by atoms with van der Waals surface area (Å²) in [4.78, 5) is 24.6. The maximum absolute atomic E-state index is 13.2. The van der Waals surface area contributed by atoms with Crippen LogP contribution in [0.4, 0.5) is 22.4 Å². The van der Waals surface area contributed by atoms with E-state index < -0.39 is 17.7 Å². The van der Waals surface area contributed by atoms with Gasteiger partial charge in [-0.3, -0.25) is 4.90 Å². The highest BCUT2D eigenvalue weighted by molar-refractivity contribution is 5.73. The Labute approximate surface area is 165 Å². The molecule has 11 heteroatoms. The first-order valence-electron chi connectivity index (χ1n) is 8.67. The zero-order chi connectivity index (χ0) is 22.4. The zero-order valence-corrected chi connectivity index (χ0v) is 16.3. The molecular weight excluding hydrogens is 400 g/mol. The second-order valence-electron chi connectivity index (χ2n) is 7.32. The van der Waals surface area contributed by atoms with Crippen LogP contribution in [0.25, 0.3) is 0 Å². The predicted octanol–water partition coefficient (Wildman–Crippen LogP) is 3.22. The molecule has 0 radical (unpaired) electrons. The SMILES string of the molecule is CC(C)(C)OC(=O)N1CCN(Cc2cc(F)ccc2O)CC1.O=C(O)C(F)(F)F. The number of amides is 1. The normalized spacial score (nSPS) is 15.3. The largest absolute Gasteiger partial charge is 0.508 e. The maximum atomic E-state index is 13.2. The Hall–Kier alpha value is -2.56. The van der Waals surface area contributed by atoms with Crippen molar-refractivity contribution in [1.29, 1.82) is 0 Å². The van der Waals surface area contributed by atoms with Crippen molar-refractivity contribution in [3.63, 3.8) is 0 Å². The van der Waals surface area contributed by atoms with Gasteiger partial charge in [0.15, 0.2) is 0 Å². The van der Waals surface area contributed by atoms with Crippen LogP contribution in [-0.4, -0.2) is 70.0 Å². The Bertz CT molecular complexity index is 711. The molecule has 0 aliphatic carbocycles. The third kappa shape index (κ3) is 8.99. The lowest BCUT2D eigenvalue weighted by molar-refractivity contribution is -0.192. The van der Waals surface area contributed by atoms with Crippen molar-refractivity contribution in [2.24, 2.45) is 0 Å². The van der Waals surface area contributed by atoms with E-state index in [1.165, 1.54) is 18.2 Å². The number of carboxylic acids is 1. The molecule has 0 unspecified atom stereocenters. The molecule has 164 valence electrons. The Morgan fingerprint density at radius 3 is 2.07 bits per heavy atom. The number of carbonyl (C=O) groups is 2. The highest BCUT2D eigenvalue weighted by atomic mass is 19.4. The minimum Gasteiger partial charge on any atom is -0.508 e. The van der Waals surface area contributed by atoms with Gasteiger partial charge >= 0.3 is 18.2 Å². The van der Waals surface area contributed by atoms with E-state index in [1.54, 1.807) is 4.90 Å². The van der Waals surface area contributed by atoms with E-state index >= 15 is 0 Å². The summed E-state index contributed by atoms with van der Waals surface area (Å²) in [5.74, 6) is -3.02. The summed E-state index contributed by atoms with van der Waals surface area (Å²) in [6, 6.07) is 3.94. The van der Waals surface area contributed by atoms with E-state index in [0.717, 1.165) is 0 Å². The van der Waals surface area contributed by atoms with Gasteiger partial charge in [-0.1, -0.05) is 0 Å². The molecule has 1 heterocycles. The number of piperazine rings is 1. The molecule has 1 amide bonds. The van der Waals surface area contributed by atoms with Crippen LogP contribution in [0.1, 0.15) is 26.3 Å². The molecule has 1 aliphatic rings. The van der Waals surface area contributed by atoms with Gasteiger partial charge < -0.3 is 19.8 Å². The molecule has 2 rings (SSSR count). The van der Waals surface area contributed by atoms with Crippen LogP contribution in [-0.2, 0) is 16.1 Å². The summed E-state index contributed by atoms with van der Waals surface area (Å²) >= 11 is 0. The molecule has 1 aromatic carbocycles. The molecule has 29 heavy (non-hydrogen) atoms. The molecule has 0 bridgehead atoms. The highest BCUT2D eigenvalue weighted by Crippen LogP contribution is 2.21. The van der Waals surface area contributed by atoms with Crippen LogP contribution in [0.3, 0.4) is 0 Å². The van der Waals surface area contributed by atoms with Crippen LogP contribution in [0.5, 0.6) is 5.75 Å². The number of nitrogens with zero attached hydrogens (tertiary/aromatic N) is 2. The van der Waals surface area contributed by atoms with Gasteiger partial charge in [0, 0.05) is 38.3 Å². The molecule has 1 aliphatic heterocycles. The molecule has 0 aromatic heterocycles. The molecule has 1 aromatic rings. The summed E-state index contributed by atoms with van der Waals surface area (Å²) < 4.78 is 50.3.